The van der Waals surface area contributed by atoms with Crippen LogP contribution in [0.2, 0.25) is 5.02 Å². The summed E-state index contributed by atoms with van der Waals surface area (Å²) in [7, 11) is 0. The maximum absolute atomic E-state index is 11.7. The van der Waals surface area contributed by atoms with Gasteiger partial charge in [0.2, 0.25) is 0 Å². The Labute approximate surface area is 122 Å². The average molecular weight is 292 g/mol. The molecule has 0 fully saturated rings. The Bertz CT molecular complexity index is 560. The number of amides is 1. The molecule has 5 heteroatoms. The fourth-order valence-electron chi connectivity index (χ4n) is 1.53. The Morgan fingerprint density at radius 3 is 2.45 bits per heavy atom. The van der Waals surface area contributed by atoms with Crippen LogP contribution >= 0.6 is 11.6 Å². The molecular formula is C15H14ClNO3. The molecule has 2 aromatic rings. The lowest BCUT2D eigenvalue weighted by Gasteiger charge is -2.08. The summed E-state index contributed by atoms with van der Waals surface area (Å²) in [5.74, 6) is 0.379. The second-order valence-corrected chi connectivity index (χ2v) is 4.33. The lowest BCUT2D eigenvalue weighted by molar-refractivity contribution is 0.0200. The van der Waals surface area contributed by atoms with Gasteiger partial charge in [0.1, 0.15) is 19.0 Å². The highest BCUT2D eigenvalue weighted by atomic mass is 35.5. The number of para-hydroxylation sites is 1. The van der Waals surface area contributed by atoms with E-state index in [1.54, 1.807) is 24.3 Å². The second kappa shape index (κ2) is 7.53. The molecule has 0 aromatic heterocycles. The van der Waals surface area contributed by atoms with Crippen LogP contribution in [0.1, 0.15) is 10.4 Å². The minimum atomic E-state index is -0.379. The number of nitrogens with one attached hydrogen (secondary N) is 1. The highest BCUT2D eigenvalue weighted by Crippen LogP contribution is 2.14. The Morgan fingerprint density at radius 1 is 1.00 bits per heavy atom. The summed E-state index contributed by atoms with van der Waals surface area (Å²) in [6.45, 7) is 0.581. The highest BCUT2D eigenvalue weighted by Gasteiger charge is 2.08. The zero-order valence-electron chi connectivity index (χ0n) is 10.7. The van der Waals surface area contributed by atoms with Gasteiger partial charge in [0.15, 0.2) is 0 Å². The van der Waals surface area contributed by atoms with E-state index in [-0.39, 0.29) is 12.5 Å². The fraction of sp³-hybridized carbons (Fsp3) is 0.133. The molecule has 1 N–H and O–H groups in total. The summed E-state index contributed by atoms with van der Waals surface area (Å²) >= 11 is 5.90. The van der Waals surface area contributed by atoms with Crippen LogP contribution in [-0.4, -0.2) is 19.1 Å². The van der Waals surface area contributed by atoms with E-state index in [2.05, 4.69) is 5.48 Å². The van der Waals surface area contributed by atoms with Crippen molar-refractivity contribution in [1.29, 1.82) is 0 Å². The van der Waals surface area contributed by atoms with E-state index in [0.717, 1.165) is 5.75 Å². The van der Waals surface area contributed by atoms with Crippen molar-refractivity contribution in [3.8, 4) is 5.75 Å². The third-order valence-corrected chi connectivity index (χ3v) is 2.81. The van der Waals surface area contributed by atoms with Gasteiger partial charge in [-0.15, -0.1) is 0 Å². The van der Waals surface area contributed by atoms with Crippen molar-refractivity contribution in [2.75, 3.05) is 13.2 Å². The third-order valence-electron chi connectivity index (χ3n) is 2.48. The van der Waals surface area contributed by atoms with E-state index in [9.17, 15) is 4.79 Å². The summed E-state index contributed by atoms with van der Waals surface area (Å²) < 4.78 is 5.41. The van der Waals surface area contributed by atoms with Gasteiger partial charge in [0.05, 0.1) is 10.6 Å². The molecule has 1 amide bonds. The van der Waals surface area contributed by atoms with Crippen molar-refractivity contribution >= 4 is 17.5 Å². The topological polar surface area (TPSA) is 47.6 Å². The molecule has 0 atom stereocenters. The molecule has 0 aliphatic carbocycles. The van der Waals surface area contributed by atoms with Gasteiger partial charge in [0, 0.05) is 0 Å². The van der Waals surface area contributed by atoms with E-state index >= 15 is 0 Å². The number of halogens is 1. The zero-order chi connectivity index (χ0) is 14.2. The minimum Gasteiger partial charge on any atom is -0.491 e. The Morgan fingerprint density at radius 2 is 1.70 bits per heavy atom. The molecular weight excluding hydrogens is 278 g/mol. The number of hydrogen-bond acceptors (Lipinski definition) is 3. The van der Waals surface area contributed by atoms with Gasteiger partial charge in [-0.1, -0.05) is 41.9 Å². The van der Waals surface area contributed by atoms with Crippen LogP contribution < -0.4 is 10.2 Å². The molecule has 2 rings (SSSR count). The summed E-state index contributed by atoms with van der Waals surface area (Å²) in [6, 6.07) is 16.1. The molecule has 20 heavy (non-hydrogen) atoms. The predicted octanol–water partition coefficient (Wildman–Crippen LogP) is 3.08. The standard InChI is InChI=1S/C15H14ClNO3/c16-14-9-5-4-8-13(14)15(18)17-20-11-10-19-12-6-2-1-3-7-12/h1-9H,10-11H2,(H,17,18). The normalized spacial score (nSPS) is 10.1. The second-order valence-electron chi connectivity index (χ2n) is 3.92. The quantitative estimate of drug-likeness (QED) is 0.657. The number of ether oxygens (including phenoxy) is 1. The molecule has 4 nitrogen and oxygen atoms in total. The molecule has 2 aromatic carbocycles. The van der Waals surface area contributed by atoms with Crippen LogP contribution in [0.4, 0.5) is 0 Å². The van der Waals surface area contributed by atoms with Crippen LogP contribution in [0.5, 0.6) is 5.75 Å². The SMILES string of the molecule is O=C(NOCCOc1ccccc1)c1ccccc1Cl. The fourth-order valence-corrected chi connectivity index (χ4v) is 1.76. The first-order valence-electron chi connectivity index (χ1n) is 6.12. The summed E-state index contributed by atoms with van der Waals surface area (Å²) in [5.41, 5.74) is 2.70. The molecule has 0 spiro atoms. The number of benzene rings is 2. The van der Waals surface area contributed by atoms with Crippen molar-refractivity contribution in [3.05, 3.63) is 65.2 Å². The third kappa shape index (κ3) is 4.26. The maximum Gasteiger partial charge on any atom is 0.276 e. The molecule has 0 saturated heterocycles. The zero-order valence-corrected chi connectivity index (χ0v) is 11.5. The predicted molar refractivity (Wildman–Crippen MR) is 76.8 cm³/mol. The Kier molecular flexibility index (Phi) is 5.41. The monoisotopic (exact) mass is 291 g/mol. The highest BCUT2D eigenvalue weighted by molar-refractivity contribution is 6.33. The van der Waals surface area contributed by atoms with Gasteiger partial charge in [0.25, 0.3) is 5.91 Å². The van der Waals surface area contributed by atoms with E-state index in [1.165, 1.54) is 0 Å². The van der Waals surface area contributed by atoms with Gasteiger partial charge in [-0.2, -0.15) is 0 Å². The smallest absolute Gasteiger partial charge is 0.276 e. The van der Waals surface area contributed by atoms with E-state index in [0.29, 0.717) is 17.2 Å². The van der Waals surface area contributed by atoms with Crippen LogP contribution in [-0.2, 0) is 4.84 Å². The van der Waals surface area contributed by atoms with Crippen molar-refractivity contribution < 1.29 is 14.4 Å². The lowest BCUT2D eigenvalue weighted by atomic mass is 10.2. The molecule has 0 radical (unpaired) electrons. The molecule has 0 heterocycles. The molecule has 104 valence electrons. The molecule has 0 saturated carbocycles. The molecule has 0 aliphatic rings. The Balaban J connectivity index is 1.69. The minimum absolute atomic E-state index is 0.241. The summed E-state index contributed by atoms with van der Waals surface area (Å²) in [4.78, 5) is 16.8. The van der Waals surface area contributed by atoms with Crippen molar-refractivity contribution in [1.82, 2.24) is 5.48 Å². The van der Waals surface area contributed by atoms with Gasteiger partial charge in [-0.3, -0.25) is 9.63 Å². The Hall–Kier alpha value is -2.04. The summed E-state index contributed by atoms with van der Waals surface area (Å²) in [5, 5.41) is 0.383. The number of hydroxylamine groups is 1. The number of rotatable bonds is 6. The number of hydrogen-bond donors (Lipinski definition) is 1. The first-order chi connectivity index (χ1) is 9.77. The van der Waals surface area contributed by atoms with E-state index in [1.807, 2.05) is 30.3 Å². The van der Waals surface area contributed by atoms with Crippen LogP contribution in [0, 0.1) is 0 Å². The van der Waals surface area contributed by atoms with Crippen molar-refractivity contribution in [3.63, 3.8) is 0 Å². The first kappa shape index (κ1) is 14.4. The molecule has 0 unspecified atom stereocenters. The van der Waals surface area contributed by atoms with Gasteiger partial charge >= 0.3 is 0 Å². The van der Waals surface area contributed by atoms with E-state index in [4.69, 9.17) is 21.2 Å². The number of carbonyl (C=O) groups excluding carboxylic acids is 1. The van der Waals surface area contributed by atoms with Gasteiger partial charge in [-0.25, -0.2) is 5.48 Å². The largest absolute Gasteiger partial charge is 0.491 e. The lowest BCUT2D eigenvalue weighted by Crippen LogP contribution is -2.26. The molecule has 0 aliphatic heterocycles. The van der Waals surface area contributed by atoms with E-state index < -0.39 is 0 Å². The summed E-state index contributed by atoms with van der Waals surface area (Å²) in [6.07, 6.45) is 0. The van der Waals surface area contributed by atoms with Crippen LogP contribution in [0.15, 0.2) is 54.6 Å². The number of carbonyl (C=O) groups is 1. The van der Waals surface area contributed by atoms with Crippen molar-refractivity contribution in [2.24, 2.45) is 0 Å². The van der Waals surface area contributed by atoms with Gasteiger partial charge in [-0.05, 0) is 24.3 Å². The van der Waals surface area contributed by atoms with Crippen molar-refractivity contribution in [2.45, 2.75) is 0 Å². The van der Waals surface area contributed by atoms with Crippen LogP contribution in [0.25, 0.3) is 0 Å². The average Bonchev–Trinajstić information content (AvgIpc) is 2.48. The maximum atomic E-state index is 11.7. The van der Waals surface area contributed by atoms with Crippen LogP contribution in [0.3, 0.4) is 0 Å². The molecule has 0 bridgehead atoms. The van der Waals surface area contributed by atoms with Gasteiger partial charge < -0.3 is 4.74 Å². The first-order valence-corrected chi connectivity index (χ1v) is 6.49.